The van der Waals surface area contributed by atoms with Crippen LogP contribution < -0.4 is 4.72 Å². The lowest BCUT2D eigenvalue weighted by Crippen LogP contribution is -2.33. The van der Waals surface area contributed by atoms with Gasteiger partial charge in [0.2, 0.25) is 21.7 Å². The van der Waals surface area contributed by atoms with Crippen molar-refractivity contribution in [2.45, 2.75) is 25.6 Å². The number of rotatable bonds is 7. The van der Waals surface area contributed by atoms with Crippen molar-refractivity contribution < 1.29 is 12.9 Å². The summed E-state index contributed by atoms with van der Waals surface area (Å²) in [6.45, 7) is 3.72. The first-order valence-corrected chi connectivity index (χ1v) is 10.8. The normalized spacial score (nSPS) is 13.0. The van der Waals surface area contributed by atoms with Crippen LogP contribution in [-0.4, -0.2) is 23.5 Å². The molecule has 0 saturated carbocycles. The minimum atomic E-state index is -3.70. The van der Waals surface area contributed by atoms with Crippen LogP contribution in [0.5, 0.6) is 0 Å². The molecule has 0 bridgehead atoms. The average Bonchev–Trinajstić information content (AvgIpc) is 3.13. The van der Waals surface area contributed by atoms with Gasteiger partial charge in [-0.1, -0.05) is 48.3 Å². The molecule has 0 aliphatic rings. The van der Waals surface area contributed by atoms with Crippen molar-refractivity contribution in [2.24, 2.45) is 5.92 Å². The number of halogens is 2. The quantitative estimate of drug-likeness (QED) is 0.589. The Balaban J connectivity index is 1.81. The molecule has 3 aromatic rings. The second kappa shape index (κ2) is 8.57. The van der Waals surface area contributed by atoms with Crippen LogP contribution in [0.1, 0.15) is 31.3 Å². The maximum absolute atomic E-state index is 12.7. The van der Waals surface area contributed by atoms with Crippen molar-refractivity contribution in [1.82, 2.24) is 19.8 Å². The predicted molar refractivity (Wildman–Crippen MR) is 107 cm³/mol. The van der Waals surface area contributed by atoms with E-state index in [2.05, 4.69) is 19.8 Å². The molecule has 0 spiro atoms. The third-order valence-corrected chi connectivity index (χ3v) is 6.01. The van der Waals surface area contributed by atoms with E-state index in [9.17, 15) is 8.42 Å². The molecule has 7 nitrogen and oxygen atoms in total. The van der Waals surface area contributed by atoms with Crippen LogP contribution >= 0.6 is 23.2 Å². The molecule has 0 amide bonds. The highest BCUT2D eigenvalue weighted by atomic mass is 35.5. The fraction of sp³-hybridized carbons (Fsp3) is 0.278. The Labute approximate surface area is 173 Å². The highest BCUT2D eigenvalue weighted by molar-refractivity contribution is 7.88. The Kier molecular flexibility index (Phi) is 6.34. The van der Waals surface area contributed by atoms with Gasteiger partial charge in [-0.25, -0.2) is 13.1 Å². The van der Waals surface area contributed by atoms with Gasteiger partial charge in [0.1, 0.15) is 6.04 Å². The van der Waals surface area contributed by atoms with E-state index in [4.69, 9.17) is 27.7 Å². The Morgan fingerprint density at radius 3 is 2.61 bits per heavy atom. The van der Waals surface area contributed by atoms with Gasteiger partial charge in [-0.15, -0.1) is 0 Å². The molecule has 0 radical (unpaired) electrons. The minimum Gasteiger partial charge on any atom is -0.337 e. The van der Waals surface area contributed by atoms with Crippen LogP contribution in [-0.2, 0) is 15.8 Å². The van der Waals surface area contributed by atoms with Gasteiger partial charge in [0, 0.05) is 18.0 Å². The molecule has 28 heavy (non-hydrogen) atoms. The van der Waals surface area contributed by atoms with E-state index < -0.39 is 16.1 Å². The summed E-state index contributed by atoms with van der Waals surface area (Å²) in [7, 11) is -3.70. The number of pyridine rings is 1. The first kappa shape index (κ1) is 20.7. The summed E-state index contributed by atoms with van der Waals surface area (Å²) in [5.74, 6) is 0.159. The molecule has 0 aliphatic heterocycles. The second-order valence-corrected chi connectivity index (χ2v) is 9.11. The average molecular weight is 441 g/mol. The van der Waals surface area contributed by atoms with E-state index in [1.54, 1.807) is 36.7 Å². The molecule has 10 heteroatoms. The SMILES string of the molecule is CC(C)C(NS(=O)(=O)Cc1ccc(Cl)c(Cl)c1)c1nc(-c2cccnc2)no1. The molecule has 2 heterocycles. The maximum Gasteiger partial charge on any atom is 0.245 e. The maximum atomic E-state index is 12.7. The summed E-state index contributed by atoms with van der Waals surface area (Å²) in [4.78, 5) is 8.35. The smallest absolute Gasteiger partial charge is 0.245 e. The molecular formula is C18H18Cl2N4O3S. The summed E-state index contributed by atoms with van der Waals surface area (Å²) in [6.07, 6.45) is 3.24. The molecular weight excluding hydrogens is 423 g/mol. The highest BCUT2D eigenvalue weighted by Gasteiger charge is 2.28. The van der Waals surface area contributed by atoms with Gasteiger partial charge in [-0.3, -0.25) is 4.98 Å². The van der Waals surface area contributed by atoms with E-state index in [0.29, 0.717) is 27.0 Å². The lowest BCUT2D eigenvalue weighted by Gasteiger charge is -2.18. The largest absolute Gasteiger partial charge is 0.337 e. The van der Waals surface area contributed by atoms with E-state index in [-0.39, 0.29) is 17.6 Å². The number of hydrogen-bond acceptors (Lipinski definition) is 6. The fourth-order valence-corrected chi connectivity index (χ4v) is 4.31. The van der Waals surface area contributed by atoms with Gasteiger partial charge in [0.05, 0.1) is 15.8 Å². The first-order valence-electron chi connectivity index (χ1n) is 8.43. The van der Waals surface area contributed by atoms with Gasteiger partial charge in [0.25, 0.3) is 0 Å². The van der Waals surface area contributed by atoms with Crippen molar-refractivity contribution in [3.63, 3.8) is 0 Å². The second-order valence-electron chi connectivity index (χ2n) is 6.55. The van der Waals surface area contributed by atoms with Crippen LogP contribution in [0.15, 0.2) is 47.2 Å². The van der Waals surface area contributed by atoms with E-state index >= 15 is 0 Å². The third-order valence-electron chi connectivity index (χ3n) is 3.94. The van der Waals surface area contributed by atoms with Gasteiger partial charge in [-0.2, -0.15) is 4.98 Å². The standard InChI is InChI=1S/C18H18Cl2N4O3S/c1-11(2)16(18-22-17(23-27-18)13-4-3-7-21-9-13)24-28(25,26)10-12-5-6-14(19)15(20)8-12/h3-9,11,16,24H,10H2,1-2H3. The number of aromatic nitrogens is 3. The molecule has 0 saturated heterocycles. The monoisotopic (exact) mass is 440 g/mol. The Bertz CT molecular complexity index is 1060. The predicted octanol–water partition coefficient (Wildman–Crippen LogP) is 4.26. The van der Waals surface area contributed by atoms with Crippen LogP contribution in [0.2, 0.25) is 10.0 Å². The van der Waals surface area contributed by atoms with Gasteiger partial charge in [-0.05, 0) is 35.7 Å². The van der Waals surface area contributed by atoms with Crippen molar-refractivity contribution in [3.05, 3.63) is 64.2 Å². The van der Waals surface area contributed by atoms with E-state index in [0.717, 1.165) is 0 Å². The molecule has 1 N–H and O–H groups in total. The number of nitrogens with one attached hydrogen (secondary N) is 1. The molecule has 1 aromatic carbocycles. The molecule has 0 fully saturated rings. The number of sulfonamides is 1. The Morgan fingerprint density at radius 1 is 1.18 bits per heavy atom. The summed E-state index contributed by atoms with van der Waals surface area (Å²) in [5, 5.41) is 4.60. The van der Waals surface area contributed by atoms with E-state index in [1.165, 1.54) is 6.07 Å². The van der Waals surface area contributed by atoms with Crippen LogP contribution in [0, 0.1) is 5.92 Å². The first-order chi connectivity index (χ1) is 13.2. The molecule has 2 aromatic heterocycles. The summed E-state index contributed by atoms with van der Waals surface area (Å²) in [5.41, 5.74) is 1.20. The number of nitrogens with zero attached hydrogens (tertiary/aromatic N) is 3. The molecule has 1 atom stereocenters. The summed E-state index contributed by atoms with van der Waals surface area (Å²) >= 11 is 11.9. The third kappa shape index (κ3) is 5.08. The van der Waals surface area contributed by atoms with Gasteiger partial charge < -0.3 is 4.52 Å². The fourth-order valence-electron chi connectivity index (χ4n) is 2.53. The zero-order valence-corrected chi connectivity index (χ0v) is 17.5. The Hall–Kier alpha value is -2.00. The molecule has 0 aliphatic carbocycles. The minimum absolute atomic E-state index is 0.120. The highest BCUT2D eigenvalue weighted by Crippen LogP contribution is 2.26. The van der Waals surface area contributed by atoms with Crippen molar-refractivity contribution in [2.75, 3.05) is 0 Å². The van der Waals surface area contributed by atoms with Crippen LogP contribution in [0.25, 0.3) is 11.4 Å². The van der Waals surface area contributed by atoms with Crippen LogP contribution in [0.3, 0.4) is 0 Å². The van der Waals surface area contributed by atoms with Crippen molar-refractivity contribution in [1.29, 1.82) is 0 Å². The lowest BCUT2D eigenvalue weighted by atomic mass is 10.1. The zero-order valence-electron chi connectivity index (χ0n) is 15.1. The topological polar surface area (TPSA) is 98.0 Å². The number of benzene rings is 1. The van der Waals surface area contributed by atoms with Crippen molar-refractivity contribution >= 4 is 33.2 Å². The van der Waals surface area contributed by atoms with Crippen molar-refractivity contribution in [3.8, 4) is 11.4 Å². The lowest BCUT2D eigenvalue weighted by molar-refractivity contribution is 0.311. The molecule has 3 rings (SSSR count). The molecule has 1 unspecified atom stereocenters. The van der Waals surface area contributed by atoms with Crippen LogP contribution in [0.4, 0.5) is 0 Å². The van der Waals surface area contributed by atoms with Gasteiger partial charge in [0.15, 0.2) is 0 Å². The zero-order chi connectivity index (χ0) is 20.3. The summed E-state index contributed by atoms with van der Waals surface area (Å²) < 4.78 is 33.3. The van der Waals surface area contributed by atoms with Gasteiger partial charge >= 0.3 is 0 Å². The number of hydrogen-bond donors (Lipinski definition) is 1. The van der Waals surface area contributed by atoms with E-state index in [1.807, 2.05) is 13.8 Å². The Morgan fingerprint density at radius 2 is 1.96 bits per heavy atom. The summed E-state index contributed by atoms with van der Waals surface area (Å²) in [6, 6.07) is 7.58. The molecule has 148 valence electrons.